The fraction of sp³-hybridized carbons (Fsp3) is 0.410. The van der Waals surface area contributed by atoms with Gasteiger partial charge in [0.15, 0.2) is 0 Å². The molecule has 8 rings (SSSR count). The van der Waals surface area contributed by atoms with Crippen LogP contribution in [0, 0.1) is 0 Å². The second-order valence-corrected chi connectivity index (χ2v) is 14.0. The smallest absolute Gasteiger partial charge is 0.272 e. The molecule has 3 fully saturated rings. The van der Waals surface area contributed by atoms with E-state index in [9.17, 15) is 14.4 Å². The molecule has 52 heavy (non-hydrogen) atoms. The van der Waals surface area contributed by atoms with E-state index in [1.807, 2.05) is 85.4 Å². The van der Waals surface area contributed by atoms with Gasteiger partial charge in [-0.3, -0.25) is 33.8 Å². The Hall–Kier alpha value is -5.11. The van der Waals surface area contributed by atoms with E-state index in [1.165, 1.54) is 0 Å². The summed E-state index contributed by atoms with van der Waals surface area (Å²) in [5.74, 6) is -0.763. The number of fused-ring (bicyclic) bond motifs is 1. The number of hydrogen-bond acceptors (Lipinski definition) is 8. The molecule has 2 aromatic carbocycles. The van der Waals surface area contributed by atoms with Gasteiger partial charge in [-0.2, -0.15) is 10.2 Å². The summed E-state index contributed by atoms with van der Waals surface area (Å²) in [6.45, 7) is 10.1. The molecule has 2 N–H and O–H groups in total. The molecule has 4 aromatic rings. The number of nitrogens with one attached hydrogen (secondary N) is 2. The fourth-order valence-electron chi connectivity index (χ4n) is 7.51. The van der Waals surface area contributed by atoms with Crippen molar-refractivity contribution in [3.05, 3.63) is 102 Å². The van der Waals surface area contributed by atoms with Crippen molar-refractivity contribution in [3.8, 4) is 5.69 Å². The summed E-state index contributed by atoms with van der Waals surface area (Å²) < 4.78 is 8.98. The second-order valence-electron chi connectivity index (χ2n) is 14.0. The van der Waals surface area contributed by atoms with E-state index < -0.39 is 17.9 Å². The van der Waals surface area contributed by atoms with Crippen LogP contribution in [-0.2, 0) is 14.3 Å². The van der Waals surface area contributed by atoms with Gasteiger partial charge < -0.3 is 15.4 Å². The zero-order valence-corrected chi connectivity index (χ0v) is 29.6. The summed E-state index contributed by atoms with van der Waals surface area (Å²) >= 11 is 0. The van der Waals surface area contributed by atoms with Crippen molar-refractivity contribution in [3.63, 3.8) is 0 Å². The number of nitrogens with zero attached hydrogens (tertiary/aromatic N) is 7. The normalized spacial score (nSPS) is 21.5. The maximum atomic E-state index is 14.5. The molecule has 0 spiro atoms. The van der Waals surface area contributed by atoms with Crippen LogP contribution < -0.4 is 15.5 Å². The molecule has 13 heteroatoms. The van der Waals surface area contributed by atoms with E-state index in [0.29, 0.717) is 42.3 Å². The van der Waals surface area contributed by atoms with Crippen LogP contribution in [0.4, 0.5) is 11.5 Å². The molecule has 2 atom stereocenters. The van der Waals surface area contributed by atoms with Crippen molar-refractivity contribution >= 4 is 29.2 Å². The zero-order chi connectivity index (χ0) is 35.8. The molecule has 0 unspecified atom stereocenters. The minimum Gasteiger partial charge on any atom is -0.378 e. The summed E-state index contributed by atoms with van der Waals surface area (Å²) in [6.07, 6.45) is 7.57. The number of para-hydroxylation sites is 1. The fourth-order valence-corrected chi connectivity index (χ4v) is 7.51. The first-order chi connectivity index (χ1) is 25.4. The van der Waals surface area contributed by atoms with Gasteiger partial charge in [-0.15, -0.1) is 0 Å². The number of rotatable bonds is 11. The third-order valence-electron chi connectivity index (χ3n) is 10.7. The van der Waals surface area contributed by atoms with E-state index in [0.717, 1.165) is 69.0 Å². The molecular formula is C39H45N9O4. The van der Waals surface area contributed by atoms with E-state index in [4.69, 9.17) is 9.84 Å². The lowest BCUT2D eigenvalue weighted by Crippen LogP contribution is -2.56. The molecule has 5 heterocycles. The second kappa shape index (κ2) is 14.5. The van der Waals surface area contributed by atoms with Crippen LogP contribution in [0.1, 0.15) is 60.3 Å². The standard InChI is InChI=1S/C39H45N9O4/c1-3-26(23-44-17-19-45(20-18-44)31-24-52-25-31)36(49)41-28-10-8-9-27(21-28)34-32-22-40-48(30-11-6-5-7-12-30)38(32)46(4-2)39(51)35(34)42-37(50)33-15-16-47(43-33)29-13-14-29/h3,5-12,15-16,21-22,29,31,34-35H,4,13-14,17-20,23-25H2,1-2H3,(H,41,49)(H,42,50)/b26-3+/t34-,35+/m1/s1. The summed E-state index contributed by atoms with van der Waals surface area (Å²) in [7, 11) is 0. The van der Waals surface area contributed by atoms with Crippen LogP contribution in [-0.4, -0.2) is 112 Å². The van der Waals surface area contributed by atoms with Crippen LogP contribution in [0.5, 0.6) is 0 Å². The average Bonchev–Trinajstić information content (AvgIpc) is 3.71. The Morgan fingerprint density at radius 2 is 1.77 bits per heavy atom. The van der Waals surface area contributed by atoms with Crippen molar-refractivity contribution in [2.45, 2.75) is 50.7 Å². The van der Waals surface area contributed by atoms with Gasteiger partial charge in [-0.1, -0.05) is 36.4 Å². The molecule has 0 radical (unpaired) electrons. The number of hydrogen-bond donors (Lipinski definition) is 2. The van der Waals surface area contributed by atoms with Gasteiger partial charge in [0, 0.05) is 68.2 Å². The van der Waals surface area contributed by atoms with Crippen LogP contribution in [0.25, 0.3) is 5.69 Å². The Morgan fingerprint density at radius 1 is 0.981 bits per heavy atom. The van der Waals surface area contributed by atoms with E-state index in [-0.39, 0.29) is 17.5 Å². The highest BCUT2D eigenvalue weighted by molar-refractivity contribution is 6.05. The largest absolute Gasteiger partial charge is 0.378 e. The Morgan fingerprint density at radius 3 is 2.46 bits per heavy atom. The Bertz CT molecular complexity index is 1970. The Balaban J connectivity index is 1.07. The van der Waals surface area contributed by atoms with E-state index in [1.54, 1.807) is 21.8 Å². The number of ether oxygens (including phenoxy) is 1. The number of benzene rings is 2. The molecule has 3 aliphatic heterocycles. The lowest BCUT2D eigenvalue weighted by atomic mass is 9.82. The van der Waals surface area contributed by atoms with Gasteiger partial charge in [0.25, 0.3) is 17.7 Å². The minimum absolute atomic E-state index is 0.167. The number of allylic oxidation sites excluding steroid dienone is 1. The Labute approximate surface area is 303 Å². The molecule has 4 aliphatic rings. The molecule has 3 amide bonds. The number of piperazine rings is 1. The topological polar surface area (TPSA) is 130 Å². The maximum absolute atomic E-state index is 14.5. The Kier molecular flexibility index (Phi) is 9.47. The first-order valence-electron chi connectivity index (χ1n) is 18.3. The van der Waals surface area contributed by atoms with Crippen LogP contribution >= 0.6 is 0 Å². The van der Waals surface area contributed by atoms with E-state index in [2.05, 4.69) is 25.5 Å². The van der Waals surface area contributed by atoms with E-state index >= 15 is 0 Å². The SMILES string of the molecule is C/C=C(\CN1CCN(C2COC2)CC1)C(=O)Nc1cccc([C@@H]2c3cnn(-c4ccccc4)c3N(CC)C(=O)[C@H]2NC(=O)c2ccn(C3CC3)n2)c1. The van der Waals surface area contributed by atoms with Crippen molar-refractivity contribution in [2.24, 2.45) is 0 Å². The molecule has 270 valence electrons. The van der Waals surface area contributed by atoms with Crippen LogP contribution in [0.3, 0.4) is 0 Å². The highest BCUT2D eigenvalue weighted by Crippen LogP contribution is 2.42. The quantitative estimate of drug-likeness (QED) is 0.227. The molecule has 13 nitrogen and oxygen atoms in total. The number of aromatic nitrogens is 4. The van der Waals surface area contributed by atoms with Gasteiger partial charge >= 0.3 is 0 Å². The summed E-state index contributed by atoms with van der Waals surface area (Å²) in [6, 6.07) is 18.9. The highest BCUT2D eigenvalue weighted by atomic mass is 16.5. The third-order valence-corrected chi connectivity index (χ3v) is 10.7. The molecule has 2 aromatic heterocycles. The van der Waals surface area contributed by atoms with Crippen molar-refractivity contribution < 1.29 is 19.1 Å². The van der Waals surface area contributed by atoms with Gasteiger partial charge in [0.05, 0.1) is 37.2 Å². The van der Waals surface area contributed by atoms with Gasteiger partial charge in [-0.05, 0) is 62.6 Å². The summed E-state index contributed by atoms with van der Waals surface area (Å²) in [5.41, 5.74) is 3.95. The lowest BCUT2D eigenvalue weighted by Gasteiger charge is -2.42. The van der Waals surface area contributed by atoms with Crippen LogP contribution in [0.15, 0.2) is 84.7 Å². The predicted octanol–water partition coefficient (Wildman–Crippen LogP) is 3.60. The van der Waals surface area contributed by atoms with Crippen molar-refractivity contribution in [2.75, 3.05) is 62.7 Å². The predicted molar refractivity (Wildman–Crippen MR) is 197 cm³/mol. The molecule has 1 saturated carbocycles. The average molecular weight is 704 g/mol. The molecule has 0 bridgehead atoms. The number of anilines is 2. The monoisotopic (exact) mass is 703 g/mol. The number of likely N-dealkylation sites (N-methyl/N-ethyl adjacent to an activating group) is 1. The summed E-state index contributed by atoms with van der Waals surface area (Å²) in [5, 5.41) is 15.5. The van der Waals surface area contributed by atoms with Crippen molar-refractivity contribution in [1.82, 2.24) is 34.7 Å². The molecule has 2 saturated heterocycles. The maximum Gasteiger partial charge on any atom is 0.272 e. The molecular weight excluding hydrogens is 658 g/mol. The number of carbonyl (C=O) groups is 3. The highest BCUT2D eigenvalue weighted by Gasteiger charge is 2.44. The van der Waals surface area contributed by atoms with Gasteiger partial charge in [0.2, 0.25) is 0 Å². The van der Waals surface area contributed by atoms with Crippen molar-refractivity contribution in [1.29, 1.82) is 0 Å². The first kappa shape index (κ1) is 34.0. The first-order valence-corrected chi connectivity index (χ1v) is 18.3. The zero-order valence-electron chi connectivity index (χ0n) is 29.6. The number of amides is 3. The third kappa shape index (κ3) is 6.67. The number of carbonyl (C=O) groups excluding carboxylic acids is 3. The van der Waals surface area contributed by atoms with Gasteiger partial charge in [-0.25, -0.2) is 4.68 Å². The van der Waals surface area contributed by atoms with Crippen LogP contribution in [0.2, 0.25) is 0 Å². The lowest BCUT2D eigenvalue weighted by molar-refractivity contribution is -0.121. The van der Waals surface area contributed by atoms with Gasteiger partial charge in [0.1, 0.15) is 17.6 Å². The summed E-state index contributed by atoms with van der Waals surface area (Å²) in [4.78, 5) is 48.4. The molecule has 1 aliphatic carbocycles. The minimum atomic E-state index is -0.943.